The number of fused-ring (bicyclic) bond motifs is 2. The molecule has 0 saturated carbocycles. The Hall–Kier alpha value is -6.54. The molecule has 7 aromatic rings. The smallest absolute Gasteiger partial charge is 0.275 e. The molecule has 0 aliphatic heterocycles. The molecule has 0 radical (unpaired) electrons. The Kier molecular flexibility index (Phi) is 8.00. The van der Waals surface area contributed by atoms with Crippen LogP contribution in [0, 0.1) is 10.1 Å². The van der Waals surface area contributed by atoms with Crippen molar-refractivity contribution in [2.24, 2.45) is 0 Å². The monoisotopic (exact) mass is 689 g/mol. The van der Waals surface area contributed by atoms with Crippen LogP contribution < -0.4 is 15.0 Å². The second-order valence-electron chi connectivity index (χ2n) is 11.3. The molecule has 3 aromatic carbocycles. The fourth-order valence-electron chi connectivity index (χ4n) is 5.87. The van der Waals surface area contributed by atoms with Crippen LogP contribution in [0.25, 0.3) is 27.7 Å². The zero-order valence-electron chi connectivity index (χ0n) is 26.6. The second kappa shape index (κ2) is 12.5. The van der Waals surface area contributed by atoms with Gasteiger partial charge in [-0.3, -0.25) is 19.7 Å². The third kappa shape index (κ3) is 5.46. The fourth-order valence-corrected chi connectivity index (χ4v) is 7.22. The van der Waals surface area contributed by atoms with Gasteiger partial charge < -0.3 is 18.4 Å². The van der Waals surface area contributed by atoms with Crippen molar-refractivity contribution in [2.75, 3.05) is 14.2 Å². The average Bonchev–Trinajstić information content (AvgIpc) is 3.76. The highest BCUT2D eigenvalue weighted by molar-refractivity contribution is 7.90. The molecule has 0 fully saturated rings. The maximum atomic E-state index is 14.1. The first-order valence-corrected chi connectivity index (χ1v) is 16.6. The van der Waals surface area contributed by atoms with Gasteiger partial charge in [-0.15, -0.1) is 0 Å². The highest BCUT2D eigenvalue weighted by atomic mass is 32.2. The van der Waals surface area contributed by atoms with Crippen LogP contribution in [0.15, 0.2) is 125 Å². The van der Waals surface area contributed by atoms with E-state index in [1.165, 1.54) is 78.2 Å². The van der Waals surface area contributed by atoms with Gasteiger partial charge in [-0.1, -0.05) is 18.2 Å². The van der Waals surface area contributed by atoms with Crippen molar-refractivity contribution in [1.29, 1.82) is 0 Å². The van der Waals surface area contributed by atoms with Gasteiger partial charge in [-0.2, -0.15) is 0 Å². The molecular formula is C36H27N5O8S. The van der Waals surface area contributed by atoms with Crippen molar-refractivity contribution in [3.63, 3.8) is 0 Å². The van der Waals surface area contributed by atoms with Gasteiger partial charge in [-0.05, 0) is 54.6 Å². The van der Waals surface area contributed by atoms with E-state index in [0.29, 0.717) is 33.6 Å². The predicted octanol–water partition coefficient (Wildman–Crippen LogP) is 5.56. The number of aromatic nitrogens is 4. The molecule has 0 saturated heterocycles. The molecule has 0 unspecified atom stereocenters. The summed E-state index contributed by atoms with van der Waals surface area (Å²) < 4.78 is 42.3. The van der Waals surface area contributed by atoms with Gasteiger partial charge in [0.25, 0.3) is 21.3 Å². The second-order valence-corrected chi connectivity index (χ2v) is 13.1. The molecule has 7 rings (SSSR count). The van der Waals surface area contributed by atoms with Crippen LogP contribution in [0.1, 0.15) is 21.6 Å². The summed E-state index contributed by atoms with van der Waals surface area (Å²) in [5, 5.41) is 11.8. The molecular weight excluding hydrogens is 662 g/mol. The number of nitro benzene ring substituents is 1. The van der Waals surface area contributed by atoms with E-state index in [4.69, 9.17) is 9.47 Å². The highest BCUT2D eigenvalue weighted by Gasteiger charge is 2.25. The lowest BCUT2D eigenvalue weighted by Gasteiger charge is -2.14. The number of rotatable bonds is 10. The summed E-state index contributed by atoms with van der Waals surface area (Å²) in [5.74, 6) is 0.523. The molecule has 0 amide bonds. The normalized spacial score (nSPS) is 11.6. The molecule has 0 spiro atoms. The Balaban J connectivity index is 1.43. The van der Waals surface area contributed by atoms with Gasteiger partial charge >= 0.3 is 0 Å². The molecule has 0 N–H and O–H groups in total. The van der Waals surface area contributed by atoms with Crippen molar-refractivity contribution in [2.45, 2.75) is 11.4 Å². The number of ketones is 1. The van der Waals surface area contributed by atoms with Crippen molar-refractivity contribution in [3.8, 4) is 22.6 Å². The van der Waals surface area contributed by atoms with E-state index in [9.17, 15) is 28.1 Å². The minimum atomic E-state index is -4.05. The van der Waals surface area contributed by atoms with E-state index in [-0.39, 0.29) is 39.5 Å². The minimum absolute atomic E-state index is 0.0299. The van der Waals surface area contributed by atoms with E-state index < -0.39 is 26.3 Å². The molecule has 13 nitrogen and oxygen atoms in total. The van der Waals surface area contributed by atoms with Crippen molar-refractivity contribution in [1.82, 2.24) is 17.9 Å². The van der Waals surface area contributed by atoms with Crippen LogP contribution in [-0.4, -0.2) is 51.3 Å². The molecule has 0 bridgehead atoms. The summed E-state index contributed by atoms with van der Waals surface area (Å²) in [6.45, 7) is 0.0299. The Morgan fingerprint density at radius 1 is 0.900 bits per heavy atom. The van der Waals surface area contributed by atoms with Crippen molar-refractivity contribution < 1.29 is 27.6 Å². The Morgan fingerprint density at radius 2 is 1.66 bits per heavy atom. The molecule has 50 heavy (non-hydrogen) atoms. The van der Waals surface area contributed by atoms with E-state index >= 15 is 0 Å². The van der Waals surface area contributed by atoms with Gasteiger partial charge in [0.05, 0.1) is 30.6 Å². The maximum Gasteiger partial charge on any atom is 0.275 e. The topological polar surface area (TPSA) is 157 Å². The van der Waals surface area contributed by atoms with E-state index in [2.05, 4.69) is 4.98 Å². The lowest BCUT2D eigenvalue weighted by Crippen LogP contribution is -2.25. The lowest BCUT2D eigenvalue weighted by molar-refractivity contribution is -0.384. The quantitative estimate of drug-likeness (QED) is 0.102. The SMILES string of the molecule is COc1ccc(Cn2cc(C(=O)c3ccc([N+](=O)[O-])cc3)n3cc(-c4cn(S(=O)(=O)c5ccccc5)c5ncccc45)cc3c2=O)c(OC)c1. The minimum Gasteiger partial charge on any atom is -0.497 e. The van der Waals surface area contributed by atoms with Crippen LogP contribution in [0.3, 0.4) is 0 Å². The first-order chi connectivity index (χ1) is 24.1. The molecule has 4 aromatic heterocycles. The molecule has 250 valence electrons. The molecule has 0 aliphatic carbocycles. The summed E-state index contributed by atoms with van der Waals surface area (Å²) >= 11 is 0. The first kappa shape index (κ1) is 32.0. The number of hydrogen-bond donors (Lipinski definition) is 0. The third-order valence-corrected chi connectivity index (χ3v) is 10.1. The van der Waals surface area contributed by atoms with Crippen LogP contribution in [0.2, 0.25) is 0 Å². The molecule has 4 heterocycles. The largest absolute Gasteiger partial charge is 0.497 e. The lowest BCUT2D eigenvalue weighted by atomic mass is 10.1. The van der Waals surface area contributed by atoms with Crippen molar-refractivity contribution >= 4 is 38.0 Å². The van der Waals surface area contributed by atoms with Crippen LogP contribution in [0.4, 0.5) is 5.69 Å². The summed E-state index contributed by atoms with van der Waals surface area (Å²) in [6, 6.07) is 23.3. The Bertz CT molecular complexity index is 2630. The number of hydrogen-bond acceptors (Lipinski definition) is 9. The number of carbonyl (C=O) groups is 1. The standard InChI is InChI=1S/C36H27N5O8S/c1-48-27-15-12-24(33(18-27)49-2)19-38-22-32(34(42)23-10-13-26(14-11-23)41(44)45)39-20-25(17-31(39)36(38)43)30-21-40(35-29(30)9-6-16-37-35)50(46,47)28-7-4-3-5-8-28/h3-18,20-22H,19H2,1-2H3. The predicted molar refractivity (Wildman–Crippen MR) is 185 cm³/mol. The number of non-ortho nitro benzene ring substituents is 1. The van der Waals surface area contributed by atoms with Gasteiger partial charge in [0.1, 0.15) is 22.7 Å². The van der Waals surface area contributed by atoms with Crippen molar-refractivity contribution in [3.05, 3.63) is 153 Å². The van der Waals surface area contributed by atoms with Gasteiger partial charge in [0.2, 0.25) is 5.78 Å². The van der Waals surface area contributed by atoms with Crippen LogP contribution >= 0.6 is 0 Å². The van der Waals surface area contributed by atoms with Gasteiger partial charge in [-0.25, -0.2) is 17.4 Å². The number of methoxy groups -OCH3 is 2. The highest BCUT2D eigenvalue weighted by Crippen LogP contribution is 2.34. The Morgan fingerprint density at radius 3 is 2.36 bits per heavy atom. The number of nitrogens with zero attached hydrogens (tertiary/aromatic N) is 5. The van der Waals surface area contributed by atoms with Crippen LogP contribution in [0.5, 0.6) is 11.5 Å². The molecule has 0 aliphatic rings. The average molecular weight is 690 g/mol. The molecule has 14 heteroatoms. The Labute approximate surface area is 284 Å². The summed E-state index contributed by atoms with van der Waals surface area (Å²) in [4.78, 5) is 43.3. The fraction of sp³-hybridized carbons (Fsp3) is 0.0833. The van der Waals surface area contributed by atoms with E-state index in [1.54, 1.807) is 60.8 Å². The summed E-state index contributed by atoms with van der Waals surface area (Å²) in [6.07, 6.45) is 5.96. The third-order valence-electron chi connectivity index (χ3n) is 8.39. The van der Waals surface area contributed by atoms with E-state index in [0.717, 1.165) is 3.97 Å². The summed E-state index contributed by atoms with van der Waals surface area (Å²) in [7, 11) is -1.03. The van der Waals surface area contributed by atoms with Gasteiger partial charge in [0, 0.05) is 70.6 Å². The number of nitro groups is 1. The first-order valence-electron chi connectivity index (χ1n) is 15.1. The van der Waals surface area contributed by atoms with E-state index in [1.807, 2.05) is 0 Å². The number of carbonyl (C=O) groups excluding carboxylic acids is 1. The zero-order valence-corrected chi connectivity index (χ0v) is 27.4. The summed E-state index contributed by atoms with van der Waals surface area (Å²) in [5.41, 5.74) is 1.52. The number of pyridine rings is 1. The number of ether oxygens (including phenoxy) is 2. The maximum absolute atomic E-state index is 14.1. The molecule has 0 atom stereocenters. The number of benzene rings is 3. The zero-order chi connectivity index (χ0) is 35.2. The van der Waals surface area contributed by atoms with Crippen LogP contribution in [-0.2, 0) is 16.6 Å². The van der Waals surface area contributed by atoms with Gasteiger partial charge in [0.15, 0.2) is 5.65 Å².